The minimum absolute atomic E-state index is 0.716. The van der Waals surface area contributed by atoms with Crippen LogP contribution in [0.5, 0.6) is 0 Å². The van der Waals surface area contributed by atoms with E-state index in [1.807, 2.05) is 24.3 Å². The van der Waals surface area contributed by atoms with E-state index in [0.29, 0.717) is 5.69 Å². The van der Waals surface area contributed by atoms with E-state index < -0.39 is 0 Å². The van der Waals surface area contributed by atoms with Gasteiger partial charge in [-0.15, -0.1) is 0 Å². The van der Waals surface area contributed by atoms with E-state index in [4.69, 9.17) is 10.2 Å². The molecule has 2 nitrogen and oxygen atoms in total. The first-order chi connectivity index (χ1) is 10.8. The molecule has 0 saturated heterocycles. The van der Waals surface area contributed by atoms with Crippen LogP contribution in [0.25, 0.3) is 43.5 Å². The Bertz CT molecular complexity index is 1180. The molecule has 0 saturated carbocycles. The van der Waals surface area contributed by atoms with Crippen molar-refractivity contribution in [1.29, 1.82) is 0 Å². The third kappa shape index (κ3) is 1.44. The second-order valence-corrected chi connectivity index (χ2v) is 5.69. The van der Waals surface area contributed by atoms with Gasteiger partial charge in [-0.1, -0.05) is 48.5 Å². The van der Waals surface area contributed by atoms with Crippen molar-refractivity contribution in [3.63, 3.8) is 0 Å². The molecule has 0 unspecified atom stereocenters. The van der Waals surface area contributed by atoms with Gasteiger partial charge in [-0.2, -0.15) is 0 Å². The molecule has 0 radical (unpaired) electrons. The maximum Gasteiger partial charge on any atom is 0.158 e. The van der Waals surface area contributed by atoms with Gasteiger partial charge in [0, 0.05) is 16.2 Å². The van der Waals surface area contributed by atoms with Gasteiger partial charge in [0.05, 0.1) is 5.69 Å². The number of anilines is 1. The molecule has 0 atom stereocenters. The summed E-state index contributed by atoms with van der Waals surface area (Å²) in [4.78, 5) is 0. The number of rotatable bonds is 0. The zero-order valence-corrected chi connectivity index (χ0v) is 11.8. The standard InChI is InChI=1S/C20H13NO/c21-19-15-8-4-3-7-14(15)10-17-16-9-12-5-1-2-6-13(12)11-18(16)22-20(17)19/h1-11H,21H2. The lowest BCUT2D eigenvalue weighted by Gasteiger charge is -2.02. The van der Waals surface area contributed by atoms with E-state index in [0.717, 1.165) is 32.7 Å². The number of hydrogen-bond donors (Lipinski definition) is 1. The molecule has 0 spiro atoms. The van der Waals surface area contributed by atoms with E-state index in [9.17, 15) is 0 Å². The fourth-order valence-electron chi connectivity index (χ4n) is 3.29. The fraction of sp³-hybridized carbons (Fsp3) is 0. The number of nitrogen functional groups attached to an aromatic ring is 1. The van der Waals surface area contributed by atoms with E-state index >= 15 is 0 Å². The summed E-state index contributed by atoms with van der Waals surface area (Å²) in [6.07, 6.45) is 0. The predicted octanol–water partition coefficient (Wildman–Crippen LogP) is 5.47. The van der Waals surface area contributed by atoms with Gasteiger partial charge in [0.1, 0.15) is 5.58 Å². The highest BCUT2D eigenvalue weighted by atomic mass is 16.3. The lowest BCUT2D eigenvalue weighted by Crippen LogP contribution is -1.87. The Balaban J connectivity index is 2.04. The van der Waals surface area contributed by atoms with Gasteiger partial charge in [0.15, 0.2) is 5.58 Å². The van der Waals surface area contributed by atoms with Crippen LogP contribution < -0.4 is 5.73 Å². The Morgan fingerprint density at radius 1 is 0.636 bits per heavy atom. The zero-order valence-electron chi connectivity index (χ0n) is 11.8. The zero-order chi connectivity index (χ0) is 14.7. The number of nitrogens with two attached hydrogens (primary N) is 1. The normalized spacial score (nSPS) is 11.8. The molecule has 1 heterocycles. The quantitative estimate of drug-likeness (QED) is 0.382. The molecule has 0 aliphatic rings. The summed E-state index contributed by atoms with van der Waals surface area (Å²) < 4.78 is 6.07. The van der Waals surface area contributed by atoms with Crippen LogP contribution in [-0.4, -0.2) is 0 Å². The Morgan fingerprint density at radius 2 is 1.27 bits per heavy atom. The Labute approximate surface area is 126 Å². The Kier molecular flexibility index (Phi) is 2.12. The molecule has 5 aromatic rings. The molecule has 2 N–H and O–H groups in total. The first kappa shape index (κ1) is 11.6. The van der Waals surface area contributed by atoms with Crippen molar-refractivity contribution in [2.75, 3.05) is 5.73 Å². The largest absolute Gasteiger partial charge is 0.454 e. The SMILES string of the molecule is Nc1c2ccccc2cc2c1oc1cc3ccccc3cc12. The van der Waals surface area contributed by atoms with E-state index in [1.54, 1.807) is 0 Å². The second-order valence-electron chi connectivity index (χ2n) is 5.69. The summed E-state index contributed by atoms with van der Waals surface area (Å²) in [7, 11) is 0. The van der Waals surface area contributed by atoms with E-state index in [-0.39, 0.29) is 0 Å². The molecule has 2 heteroatoms. The molecule has 0 aliphatic carbocycles. The summed E-state index contributed by atoms with van der Waals surface area (Å²) >= 11 is 0. The lowest BCUT2D eigenvalue weighted by atomic mass is 10.0. The Morgan fingerprint density at radius 3 is 2.09 bits per heavy atom. The second kappa shape index (κ2) is 4.01. The average Bonchev–Trinajstić information content (AvgIpc) is 2.91. The Hall–Kier alpha value is -3.00. The number of benzene rings is 4. The summed E-state index contributed by atoms with van der Waals surface area (Å²) in [5.41, 5.74) is 8.73. The minimum Gasteiger partial charge on any atom is -0.454 e. The van der Waals surface area contributed by atoms with Crippen LogP contribution in [-0.2, 0) is 0 Å². The van der Waals surface area contributed by atoms with Crippen LogP contribution >= 0.6 is 0 Å². The van der Waals surface area contributed by atoms with Crippen LogP contribution in [0.15, 0.2) is 71.1 Å². The first-order valence-electron chi connectivity index (χ1n) is 7.33. The molecule has 22 heavy (non-hydrogen) atoms. The molecule has 4 aromatic carbocycles. The highest BCUT2D eigenvalue weighted by Crippen LogP contribution is 2.38. The smallest absolute Gasteiger partial charge is 0.158 e. The average molecular weight is 283 g/mol. The maximum atomic E-state index is 6.35. The first-order valence-corrected chi connectivity index (χ1v) is 7.33. The van der Waals surface area contributed by atoms with Crippen molar-refractivity contribution >= 4 is 49.2 Å². The third-order valence-corrected chi connectivity index (χ3v) is 4.39. The van der Waals surface area contributed by atoms with E-state index in [2.05, 4.69) is 42.5 Å². The van der Waals surface area contributed by atoms with Gasteiger partial charge in [0.25, 0.3) is 0 Å². The molecule has 104 valence electrons. The van der Waals surface area contributed by atoms with Crippen molar-refractivity contribution in [2.45, 2.75) is 0 Å². The topological polar surface area (TPSA) is 39.2 Å². The maximum absolute atomic E-state index is 6.35. The molecule has 0 amide bonds. The molecule has 0 fully saturated rings. The monoisotopic (exact) mass is 283 g/mol. The molecule has 0 aliphatic heterocycles. The summed E-state index contributed by atoms with van der Waals surface area (Å²) in [6.45, 7) is 0. The van der Waals surface area contributed by atoms with Gasteiger partial charge >= 0.3 is 0 Å². The number of furan rings is 1. The summed E-state index contributed by atoms with van der Waals surface area (Å²) in [5, 5.41) is 6.77. The van der Waals surface area contributed by atoms with Crippen molar-refractivity contribution in [2.24, 2.45) is 0 Å². The van der Waals surface area contributed by atoms with Crippen molar-refractivity contribution in [1.82, 2.24) is 0 Å². The van der Waals surface area contributed by atoms with Crippen LogP contribution in [0, 0.1) is 0 Å². The van der Waals surface area contributed by atoms with Crippen LogP contribution in [0.3, 0.4) is 0 Å². The van der Waals surface area contributed by atoms with Crippen LogP contribution in [0.2, 0.25) is 0 Å². The minimum atomic E-state index is 0.716. The molecule has 0 bridgehead atoms. The molecule has 1 aromatic heterocycles. The van der Waals surface area contributed by atoms with Gasteiger partial charge in [0.2, 0.25) is 0 Å². The van der Waals surface area contributed by atoms with Gasteiger partial charge in [-0.25, -0.2) is 0 Å². The van der Waals surface area contributed by atoms with Crippen molar-refractivity contribution in [3.8, 4) is 0 Å². The molecular formula is C20H13NO. The van der Waals surface area contributed by atoms with Gasteiger partial charge in [-0.3, -0.25) is 0 Å². The number of hydrogen-bond acceptors (Lipinski definition) is 2. The van der Waals surface area contributed by atoms with Gasteiger partial charge in [-0.05, 0) is 34.4 Å². The summed E-state index contributed by atoms with van der Waals surface area (Å²) in [5.74, 6) is 0. The van der Waals surface area contributed by atoms with Crippen molar-refractivity contribution < 1.29 is 4.42 Å². The highest BCUT2D eigenvalue weighted by molar-refractivity contribution is 6.18. The van der Waals surface area contributed by atoms with Crippen LogP contribution in [0.1, 0.15) is 0 Å². The van der Waals surface area contributed by atoms with Crippen molar-refractivity contribution in [3.05, 3.63) is 66.7 Å². The fourth-order valence-corrected chi connectivity index (χ4v) is 3.29. The van der Waals surface area contributed by atoms with E-state index in [1.165, 1.54) is 10.8 Å². The third-order valence-electron chi connectivity index (χ3n) is 4.39. The lowest BCUT2D eigenvalue weighted by molar-refractivity contribution is 0.671. The predicted molar refractivity (Wildman–Crippen MR) is 93.1 cm³/mol. The van der Waals surface area contributed by atoms with Crippen LogP contribution in [0.4, 0.5) is 5.69 Å². The van der Waals surface area contributed by atoms with Gasteiger partial charge < -0.3 is 10.2 Å². The summed E-state index contributed by atoms with van der Waals surface area (Å²) in [6, 6.07) is 22.9. The molecule has 5 rings (SSSR count). The number of fused-ring (bicyclic) bond motifs is 5. The highest BCUT2D eigenvalue weighted by Gasteiger charge is 2.13. The molecular weight excluding hydrogens is 270 g/mol.